The highest BCUT2D eigenvalue weighted by Crippen LogP contribution is 2.21. The number of benzene rings is 1. The van der Waals surface area contributed by atoms with Crippen molar-refractivity contribution < 1.29 is 0 Å². The molecular formula is C11H13IN4. The number of H-pyrrole nitrogens is 1. The Hall–Kier alpha value is -0.950. The molecule has 84 valence electrons. The zero-order valence-electron chi connectivity index (χ0n) is 8.78. The molecule has 0 saturated carbocycles. The van der Waals surface area contributed by atoms with E-state index in [1.54, 1.807) is 0 Å². The third-order valence-corrected chi connectivity index (χ3v) is 3.20. The van der Waals surface area contributed by atoms with Gasteiger partial charge < -0.3 is 5.73 Å². The highest BCUT2D eigenvalue weighted by molar-refractivity contribution is 14.1. The summed E-state index contributed by atoms with van der Waals surface area (Å²) in [5, 5.41) is 7.16. The van der Waals surface area contributed by atoms with Gasteiger partial charge in [0.05, 0.1) is 0 Å². The highest BCUT2D eigenvalue weighted by atomic mass is 127. The molecule has 4 nitrogen and oxygen atoms in total. The van der Waals surface area contributed by atoms with Crippen molar-refractivity contribution >= 4 is 22.6 Å². The molecule has 0 bridgehead atoms. The van der Waals surface area contributed by atoms with E-state index in [0.29, 0.717) is 6.54 Å². The Labute approximate surface area is 108 Å². The second-order valence-electron chi connectivity index (χ2n) is 3.48. The summed E-state index contributed by atoms with van der Waals surface area (Å²) in [6.45, 7) is 0.679. The number of nitrogens with zero attached hydrogens (tertiary/aromatic N) is 2. The molecule has 0 unspecified atom stereocenters. The summed E-state index contributed by atoms with van der Waals surface area (Å²) >= 11 is 2.29. The van der Waals surface area contributed by atoms with Gasteiger partial charge in [0.25, 0.3) is 0 Å². The monoisotopic (exact) mass is 328 g/mol. The van der Waals surface area contributed by atoms with Gasteiger partial charge in [0.2, 0.25) is 0 Å². The zero-order chi connectivity index (χ0) is 11.4. The van der Waals surface area contributed by atoms with Gasteiger partial charge in [0, 0.05) is 15.6 Å². The van der Waals surface area contributed by atoms with Crippen molar-refractivity contribution in [3.05, 3.63) is 33.7 Å². The molecule has 0 aliphatic rings. The van der Waals surface area contributed by atoms with E-state index < -0.39 is 0 Å². The van der Waals surface area contributed by atoms with Crippen LogP contribution in [0.4, 0.5) is 0 Å². The van der Waals surface area contributed by atoms with Crippen LogP contribution in [0.2, 0.25) is 0 Å². The maximum absolute atomic E-state index is 5.46. The molecule has 0 atom stereocenters. The molecule has 0 saturated heterocycles. The van der Waals surface area contributed by atoms with Crippen LogP contribution in [-0.4, -0.2) is 21.7 Å². The summed E-state index contributed by atoms with van der Waals surface area (Å²) < 4.78 is 1.16. The van der Waals surface area contributed by atoms with Crippen molar-refractivity contribution in [1.82, 2.24) is 15.2 Å². The van der Waals surface area contributed by atoms with Gasteiger partial charge in [-0.2, -0.15) is 5.10 Å². The first-order chi connectivity index (χ1) is 7.81. The number of rotatable bonds is 4. The van der Waals surface area contributed by atoms with Gasteiger partial charge in [-0.1, -0.05) is 18.2 Å². The van der Waals surface area contributed by atoms with Crippen molar-refractivity contribution in [2.45, 2.75) is 12.8 Å². The fourth-order valence-corrected chi connectivity index (χ4v) is 2.07. The van der Waals surface area contributed by atoms with Crippen LogP contribution in [0.1, 0.15) is 12.2 Å². The van der Waals surface area contributed by atoms with E-state index in [2.05, 4.69) is 37.8 Å². The predicted molar refractivity (Wildman–Crippen MR) is 71.9 cm³/mol. The zero-order valence-corrected chi connectivity index (χ0v) is 10.9. The second-order valence-corrected chi connectivity index (χ2v) is 4.64. The Morgan fingerprint density at radius 3 is 2.88 bits per heavy atom. The summed E-state index contributed by atoms with van der Waals surface area (Å²) in [6.07, 6.45) is 1.79. The number of halogens is 1. The van der Waals surface area contributed by atoms with Crippen LogP contribution in [0, 0.1) is 3.57 Å². The van der Waals surface area contributed by atoms with Crippen molar-refractivity contribution in [2.24, 2.45) is 5.73 Å². The number of nitrogens with one attached hydrogen (secondary N) is 1. The number of nitrogens with two attached hydrogens (primary N) is 1. The Balaban J connectivity index is 2.22. The Morgan fingerprint density at radius 2 is 2.12 bits per heavy atom. The number of hydrogen-bond donors (Lipinski definition) is 2. The number of aromatic amines is 1. The molecule has 1 aromatic heterocycles. The molecule has 0 radical (unpaired) electrons. The SMILES string of the molecule is NCCCc1nc(-c2ccccc2I)n[nH]1. The van der Waals surface area contributed by atoms with Crippen molar-refractivity contribution in [1.29, 1.82) is 0 Å². The third-order valence-electron chi connectivity index (χ3n) is 2.26. The predicted octanol–water partition coefficient (Wildman–Crippen LogP) is 1.97. The van der Waals surface area contributed by atoms with Crippen molar-refractivity contribution in [3.63, 3.8) is 0 Å². The highest BCUT2D eigenvalue weighted by Gasteiger charge is 2.08. The van der Waals surface area contributed by atoms with Gasteiger partial charge in [-0.05, 0) is 41.6 Å². The van der Waals surface area contributed by atoms with Crippen LogP contribution < -0.4 is 5.73 Å². The summed E-state index contributed by atoms with van der Waals surface area (Å²) in [5.74, 6) is 1.66. The number of aromatic nitrogens is 3. The van der Waals surface area contributed by atoms with E-state index in [1.807, 2.05) is 24.3 Å². The molecule has 0 spiro atoms. The van der Waals surface area contributed by atoms with Crippen LogP contribution in [0.5, 0.6) is 0 Å². The lowest BCUT2D eigenvalue weighted by molar-refractivity contribution is 0.785. The Bertz CT molecular complexity index is 467. The lowest BCUT2D eigenvalue weighted by Gasteiger charge is -1.97. The first-order valence-corrected chi connectivity index (χ1v) is 6.25. The Kier molecular flexibility index (Phi) is 3.89. The molecule has 5 heteroatoms. The van der Waals surface area contributed by atoms with E-state index in [0.717, 1.165) is 33.6 Å². The van der Waals surface area contributed by atoms with E-state index >= 15 is 0 Å². The maximum atomic E-state index is 5.46. The maximum Gasteiger partial charge on any atom is 0.182 e. The molecule has 2 rings (SSSR count). The molecule has 1 heterocycles. The van der Waals surface area contributed by atoms with E-state index in [-0.39, 0.29) is 0 Å². The summed E-state index contributed by atoms with van der Waals surface area (Å²) in [5.41, 5.74) is 6.52. The Morgan fingerprint density at radius 1 is 1.31 bits per heavy atom. The molecule has 3 N–H and O–H groups in total. The normalized spacial score (nSPS) is 10.6. The van der Waals surface area contributed by atoms with Crippen LogP contribution in [-0.2, 0) is 6.42 Å². The van der Waals surface area contributed by atoms with Gasteiger partial charge >= 0.3 is 0 Å². The molecule has 1 aromatic carbocycles. The van der Waals surface area contributed by atoms with Crippen molar-refractivity contribution in [3.8, 4) is 11.4 Å². The molecule has 2 aromatic rings. The minimum Gasteiger partial charge on any atom is -0.330 e. The molecule has 0 amide bonds. The summed E-state index contributed by atoms with van der Waals surface area (Å²) in [7, 11) is 0. The smallest absolute Gasteiger partial charge is 0.182 e. The van der Waals surface area contributed by atoms with Gasteiger partial charge in [0.15, 0.2) is 5.82 Å². The van der Waals surface area contributed by atoms with E-state index in [9.17, 15) is 0 Å². The molecule has 0 aliphatic heterocycles. The van der Waals surface area contributed by atoms with Gasteiger partial charge in [-0.25, -0.2) is 4.98 Å². The van der Waals surface area contributed by atoms with Gasteiger partial charge in [0.1, 0.15) is 5.82 Å². The molecule has 0 aliphatic carbocycles. The summed E-state index contributed by atoms with van der Waals surface area (Å²) in [4.78, 5) is 4.45. The largest absolute Gasteiger partial charge is 0.330 e. The minimum atomic E-state index is 0.679. The second kappa shape index (κ2) is 5.40. The lowest BCUT2D eigenvalue weighted by Crippen LogP contribution is -2.01. The molecular weight excluding hydrogens is 315 g/mol. The van der Waals surface area contributed by atoms with Crippen molar-refractivity contribution in [2.75, 3.05) is 6.54 Å². The first kappa shape index (κ1) is 11.5. The van der Waals surface area contributed by atoms with Gasteiger partial charge in [-0.3, -0.25) is 5.10 Å². The van der Waals surface area contributed by atoms with Gasteiger partial charge in [-0.15, -0.1) is 0 Å². The quantitative estimate of drug-likeness (QED) is 0.843. The topological polar surface area (TPSA) is 67.6 Å². The van der Waals surface area contributed by atoms with Crippen LogP contribution >= 0.6 is 22.6 Å². The number of aryl methyl sites for hydroxylation is 1. The van der Waals surface area contributed by atoms with Crippen LogP contribution in [0.25, 0.3) is 11.4 Å². The standard InChI is InChI=1S/C11H13IN4/c12-9-5-2-1-4-8(9)11-14-10(15-16-11)6-3-7-13/h1-2,4-5H,3,6-7,13H2,(H,14,15,16). The average molecular weight is 328 g/mol. The van der Waals surface area contributed by atoms with E-state index in [1.165, 1.54) is 0 Å². The van der Waals surface area contributed by atoms with Crippen LogP contribution in [0.3, 0.4) is 0 Å². The van der Waals surface area contributed by atoms with Crippen LogP contribution in [0.15, 0.2) is 24.3 Å². The fraction of sp³-hybridized carbons (Fsp3) is 0.273. The third kappa shape index (κ3) is 2.59. The average Bonchev–Trinajstić information content (AvgIpc) is 2.75. The molecule has 16 heavy (non-hydrogen) atoms. The minimum absolute atomic E-state index is 0.679. The lowest BCUT2D eigenvalue weighted by atomic mass is 10.2. The fourth-order valence-electron chi connectivity index (χ4n) is 1.44. The first-order valence-electron chi connectivity index (χ1n) is 5.17. The number of hydrogen-bond acceptors (Lipinski definition) is 3. The molecule has 0 fully saturated rings. The van der Waals surface area contributed by atoms with E-state index in [4.69, 9.17) is 5.73 Å². The summed E-state index contributed by atoms with van der Waals surface area (Å²) in [6, 6.07) is 8.07.